The minimum Gasteiger partial charge on any atom is -0.369 e. The van der Waals surface area contributed by atoms with Crippen LogP contribution in [-0.2, 0) is 6.54 Å². The molecule has 0 atom stereocenters. The number of thioether (sulfide) groups is 1. The number of hydrogen-bond donors (Lipinski definition) is 1. The maximum atomic E-state index is 13.7. The van der Waals surface area contributed by atoms with Gasteiger partial charge in [0.2, 0.25) is 5.95 Å². The SMILES string of the molecule is Nc1nc2c(F)cc(F)cc2n1CCN1CCSCC1. The first-order chi connectivity index (χ1) is 9.65. The van der Waals surface area contributed by atoms with Gasteiger partial charge in [0.05, 0.1) is 5.52 Å². The van der Waals surface area contributed by atoms with E-state index >= 15 is 0 Å². The molecule has 20 heavy (non-hydrogen) atoms. The first-order valence-corrected chi connectivity index (χ1v) is 7.71. The van der Waals surface area contributed by atoms with Gasteiger partial charge in [0.25, 0.3) is 0 Å². The van der Waals surface area contributed by atoms with Crippen molar-refractivity contribution in [2.24, 2.45) is 0 Å². The van der Waals surface area contributed by atoms with Crippen LogP contribution in [0.2, 0.25) is 0 Å². The van der Waals surface area contributed by atoms with Crippen molar-refractivity contribution < 1.29 is 8.78 Å². The highest BCUT2D eigenvalue weighted by atomic mass is 32.2. The predicted molar refractivity (Wildman–Crippen MR) is 77.8 cm³/mol. The van der Waals surface area contributed by atoms with Crippen LogP contribution in [0, 0.1) is 11.6 Å². The highest BCUT2D eigenvalue weighted by Crippen LogP contribution is 2.22. The summed E-state index contributed by atoms with van der Waals surface area (Å²) in [6.45, 7) is 3.49. The molecule has 1 aliphatic rings. The van der Waals surface area contributed by atoms with Crippen molar-refractivity contribution >= 4 is 28.7 Å². The second kappa shape index (κ2) is 5.57. The molecule has 1 saturated heterocycles. The molecule has 0 aliphatic carbocycles. The molecule has 0 amide bonds. The van der Waals surface area contributed by atoms with Crippen LogP contribution in [0.25, 0.3) is 11.0 Å². The zero-order valence-corrected chi connectivity index (χ0v) is 11.8. The zero-order valence-electron chi connectivity index (χ0n) is 11.0. The topological polar surface area (TPSA) is 47.1 Å². The van der Waals surface area contributed by atoms with Crippen LogP contribution in [0.1, 0.15) is 0 Å². The van der Waals surface area contributed by atoms with Crippen LogP contribution in [0.5, 0.6) is 0 Å². The molecule has 0 radical (unpaired) electrons. The average molecular weight is 298 g/mol. The molecule has 0 unspecified atom stereocenters. The van der Waals surface area contributed by atoms with E-state index in [9.17, 15) is 8.78 Å². The van der Waals surface area contributed by atoms with Crippen molar-refractivity contribution in [1.82, 2.24) is 14.5 Å². The number of halogens is 2. The van der Waals surface area contributed by atoms with Gasteiger partial charge in [-0.25, -0.2) is 13.8 Å². The lowest BCUT2D eigenvalue weighted by Gasteiger charge is -2.26. The molecule has 1 aromatic heterocycles. The lowest BCUT2D eigenvalue weighted by molar-refractivity contribution is 0.291. The van der Waals surface area contributed by atoms with Crippen molar-refractivity contribution in [3.8, 4) is 0 Å². The number of aromatic nitrogens is 2. The third-order valence-corrected chi connectivity index (χ3v) is 4.49. The molecule has 7 heteroatoms. The van der Waals surface area contributed by atoms with Gasteiger partial charge in [-0.3, -0.25) is 4.90 Å². The normalized spacial score (nSPS) is 16.9. The maximum absolute atomic E-state index is 13.7. The minimum absolute atomic E-state index is 0.137. The van der Waals surface area contributed by atoms with Gasteiger partial charge in [0.1, 0.15) is 11.3 Å². The summed E-state index contributed by atoms with van der Waals surface area (Å²) >= 11 is 1.95. The lowest BCUT2D eigenvalue weighted by Crippen LogP contribution is -2.35. The number of imidazole rings is 1. The van der Waals surface area contributed by atoms with E-state index in [1.54, 1.807) is 4.57 Å². The van der Waals surface area contributed by atoms with Crippen molar-refractivity contribution in [3.63, 3.8) is 0 Å². The standard InChI is InChI=1S/C13H16F2N4S/c14-9-7-10(15)12-11(8-9)19(13(16)17-12)2-1-18-3-5-20-6-4-18/h7-8H,1-6H2,(H2,16,17). The monoisotopic (exact) mass is 298 g/mol. The Bertz CT molecular complexity index is 622. The van der Waals surface area contributed by atoms with Crippen molar-refractivity contribution in [2.45, 2.75) is 6.54 Å². The number of nitrogen functional groups attached to an aromatic ring is 1. The van der Waals surface area contributed by atoms with E-state index in [1.807, 2.05) is 11.8 Å². The first kappa shape index (κ1) is 13.6. The van der Waals surface area contributed by atoms with Crippen molar-refractivity contribution in [2.75, 3.05) is 36.9 Å². The van der Waals surface area contributed by atoms with Gasteiger partial charge in [-0.2, -0.15) is 11.8 Å². The predicted octanol–water partition coefficient (Wildman–Crippen LogP) is 1.95. The molecule has 0 bridgehead atoms. The van der Waals surface area contributed by atoms with Crippen LogP contribution in [0.4, 0.5) is 14.7 Å². The molecule has 0 saturated carbocycles. The highest BCUT2D eigenvalue weighted by molar-refractivity contribution is 7.99. The molecule has 1 aliphatic heterocycles. The van der Waals surface area contributed by atoms with Gasteiger partial charge in [0, 0.05) is 49.8 Å². The molecule has 2 aromatic rings. The second-order valence-electron chi connectivity index (χ2n) is 4.83. The molecular formula is C13H16F2N4S. The van der Waals surface area contributed by atoms with Gasteiger partial charge in [-0.05, 0) is 0 Å². The molecule has 2 heterocycles. The van der Waals surface area contributed by atoms with E-state index < -0.39 is 11.6 Å². The summed E-state index contributed by atoms with van der Waals surface area (Å²) in [6, 6.07) is 2.12. The Labute approximate surface area is 119 Å². The van der Waals surface area contributed by atoms with Crippen LogP contribution in [0.3, 0.4) is 0 Å². The quantitative estimate of drug-likeness (QED) is 0.941. The van der Waals surface area contributed by atoms with Gasteiger partial charge in [0.15, 0.2) is 5.82 Å². The fourth-order valence-corrected chi connectivity index (χ4v) is 3.45. The Kier molecular flexibility index (Phi) is 3.80. The summed E-state index contributed by atoms with van der Waals surface area (Å²) in [5, 5.41) is 0. The Morgan fingerprint density at radius 2 is 1.95 bits per heavy atom. The lowest BCUT2D eigenvalue weighted by atomic mass is 10.3. The second-order valence-corrected chi connectivity index (χ2v) is 6.06. The van der Waals surface area contributed by atoms with Gasteiger partial charge in [-0.15, -0.1) is 0 Å². The van der Waals surface area contributed by atoms with E-state index in [0.717, 1.165) is 37.2 Å². The van der Waals surface area contributed by atoms with Crippen molar-refractivity contribution in [3.05, 3.63) is 23.8 Å². The summed E-state index contributed by atoms with van der Waals surface area (Å²) in [6.07, 6.45) is 0. The van der Waals surface area contributed by atoms with Crippen molar-refractivity contribution in [1.29, 1.82) is 0 Å². The van der Waals surface area contributed by atoms with Crippen LogP contribution in [-0.4, -0.2) is 45.6 Å². The van der Waals surface area contributed by atoms with Crippen LogP contribution >= 0.6 is 11.8 Å². The summed E-state index contributed by atoms with van der Waals surface area (Å²) in [5.74, 6) is 1.22. The fourth-order valence-electron chi connectivity index (χ4n) is 2.47. The number of nitrogens with two attached hydrogens (primary N) is 1. The number of anilines is 1. The molecule has 1 aromatic carbocycles. The zero-order chi connectivity index (χ0) is 14.1. The minimum atomic E-state index is -0.667. The largest absolute Gasteiger partial charge is 0.369 e. The average Bonchev–Trinajstić information content (AvgIpc) is 2.74. The molecule has 4 nitrogen and oxygen atoms in total. The molecule has 0 spiro atoms. The summed E-state index contributed by atoms with van der Waals surface area (Å²) in [4.78, 5) is 6.32. The number of fused-ring (bicyclic) bond motifs is 1. The van der Waals surface area contributed by atoms with Gasteiger partial charge < -0.3 is 10.3 Å². The van der Waals surface area contributed by atoms with E-state index in [0.29, 0.717) is 12.1 Å². The van der Waals surface area contributed by atoms with E-state index in [-0.39, 0.29) is 11.5 Å². The Morgan fingerprint density at radius 1 is 1.20 bits per heavy atom. The summed E-state index contributed by atoms with van der Waals surface area (Å²) in [7, 11) is 0. The smallest absolute Gasteiger partial charge is 0.201 e. The van der Waals surface area contributed by atoms with Gasteiger partial charge in [-0.1, -0.05) is 0 Å². The molecular weight excluding hydrogens is 282 g/mol. The molecule has 2 N–H and O–H groups in total. The van der Waals surface area contributed by atoms with Gasteiger partial charge >= 0.3 is 0 Å². The van der Waals surface area contributed by atoms with E-state index in [4.69, 9.17) is 5.73 Å². The summed E-state index contributed by atoms with van der Waals surface area (Å²) < 4.78 is 28.7. The molecule has 1 fully saturated rings. The number of hydrogen-bond acceptors (Lipinski definition) is 4. The Balaban J connectivity index is 1.85. The summed E-state index contributed by atoms with van der Waals surface area (Å²) in [5.41, 5.74) is 6.39. The maximum Gasteiger partial charge on any atom is 0.201 e. The van der Waals surface area contributed by atoms with E-state index in [2.05, 4.69) is 9.88 Å². The Hall–Kier alpha value is -1.34. The number of benzene rings is 1. The molecule has 3 rings (SSSR count). The fraction of sp³-hybridized carbons (Fsp3) is 0.462. The van der Waals surface area contributed by atoms with E-state index in [1.165, 1.54) is 6.07 Å². The molecule has 108 valence electrons. The van der Waals surface area contributed by atoms with Crippen LogP contribution < -0.4 is 5.73 Å². The number of nitrogens with zero attached hydrogens (tertiary/aromatic N) is 3. The Morgan fingerprint density at radius 3 is 2.70 bits per heavy atom. The number of rotatable bonds is 3. The third-order valence-electron chi connectivity index (χ3n) is 3.55. The first-order valence-electron chi connectivity index (χ1n) is 6.56. The highest BCUT2D eigenvalue weighted by Gasteiger charge is 2.15. The van der Waals surface area contributed by atoms with Crippen LogP contribution in [0.15, 0.2) is 12.1 Å². The third kappa shape index (κ3) is 2.60.